The van der Waals surface area contributed by atoms with Crippen LogP contribution in [0.25, 0.3) is 0 Å². The van der Waals surface area contributed by atoms with Crippen molar-refractivity contribution in [3.63, 3.8) is 0 Å². The smallest absolute Gasteiger partial charge is 0.225 e. The van der Waals surface area contributed by atoms with Crippen LogP contribution in [0.15, 0.2) is 12.4 Å². The van der Waals surface area contributed by atoms with Crippen LogP contribution in [-0.2, 0) is 6.42 Å². The summed E-state index contributed by atoms with van der Waals surface area (Å²) in [7, 11) is 2.14. The fraction of sp³-hybridized carbons (Fsp3) is 0.636. The van der Waals surface area contributed by atoms with Crippen molar-refractivity contribution in [2.24, 2.45) is 5.73 Å². The number of nitrogens with zero attached hydrogens (tertiary/aromatic N) is 4. The van der Waals surface area contributed by atoms with Crippen molar-refractivity contribution in [3.8, 4) is 0 Å². The van der Waals surface area contributed by atoms with E-state index in [0.717, 1.165) is 44.1 Å². The monoisotopic (exact) mass is 221 g/mol. The summed E-state index contributed by atoms with van der Waals surface area (Å²) in [6.07, 6.45) is 4.62. The highest BCUT2D eigenvalue weighted by molar-refractivity contribution is 5.30. The molecule has 1 aromatic heterocycles. The number of hydrogen-bond donors (Lipinski definition) is 1. The molecule has 16 heavy (non-hydrogen) atoms. The molecule has 1 aliphatic heterocycles. The summed E-state index contributed by atoms with van der Waals surface area (Å²) in [5, 5.41) is 0. The van der Waals surface area contributed by atoms with Crippen molar-refractivity contribution in [1.82, 2.24) is 14.9 Å². The van der Waals surface area contributed by atoms with Gasteiger partial charge in [-0.2, -0.15) is 0 Å². The summed E-state index contributed by atoms with van der Waals surface area (Å²) in [5.74, 6) is 0.842. The highest BCUT2D eigenvalue weighted by Crippen LogP contribution is 2.09. The van der Waals surface area contributed by atoms with E-state index >= 15 is 0 Å². The molecule has 1 fully saturated rings. The molecule has 5 heteroatoms. The van der Waals surface area contributed by atoms with Crippen LogP contribution in [0.3, 0.4) is 0 Å². The van der Waals surface area contributed by atoms with E-state index in [4.69, 9.17) is 5.73 Å². The molecule has 1 aromatic rings. The summed E-state index contributed by atoms with van der Waals surface area (Å²) >= 11 is 0. The summed E-state index contributed by atoms with van der Waals surface area (Å²) < 4.78 is 0. The quantitative estimate of drug-likeness (QED) is 0.761. The molecule has 2 heterocycles. The molecule has 0 saturated carbocycles. The number of aromatic nitrogens is 2. The zero-order valence-corrected chi connectivity index (χ0v) is 9.76. The van der Waals surface area contributed by atoms with E-state index in [1.807, 2.05) is 12.4 Å². The third-order valence-electron chi connectivity index (χ3n) is 2.91. The highest BCUT2D eigenvalue weighted by Gasteiger charge is 2.15. The van der Waals surface area contributed by atoms with E-state index < -0.39 is 0 Å². The number of likely N-dealkylation sites (N-methyl/N-ethyl adjacent to an activating group) is 1. The number of rotatable bonds is 3. The van der Waals surface area contributed by atoms with Gasteiger partial charge in [0.1, 0.15) is 0 Å². The van der Waals surface area contributed by atoms with Crippen LogP contribution < -0.4 is 10.6 Å². The second-order valence-electron chi connectivity index (χ2n) is 4.22. The van der Waals surface area contributed by atoms with E-state index in [9.17, 15) is 0 Å². The third-order valence-corrected chi connectivity index (χ3v) is 2.91. The fourth-order valence-corrected chi connectivity index (χ4v) is 1.81. The van der Waals surface area contributed by atoms with Gasteiger partial charge in [-0.15, -0.1) is 0 Å². The SMILES string of the molecule is CN1CCN(c2ncc(CCN)cn2)CC1. The number of anilines is 1. The lowest BCUT2D eigenvalue weighted by molar-refractivity contribution is 0.311. The van der Waals surface area contributed by atoms with Crippen molar-refractivity contribution in [3.05, 3.63) is 18.0 Å². The fourth-order valence-electron chi connectivity index (χ4n) is 1.81. The van der Waals surface area contributed by atoms with Gasteiger partial charge in [0.2, 0.25) is 5.95 Å². The van der Waals surface area contributed by atoms with Crippen molar-refractivity contribution in [1.29, 1.82) is 0 Å². The first-order chi connectivity index (χ1) is 7.79. The lowest BCUT2D eigenvalue weighted by Crippen LogP contribution is -2.45. The van der Waals surface area contributed by atoms with Crippen molar-refractivity contribution < 1.29 is 0 Å². The molecule has 0 amide bonds. The van der Waals surface area contributed by atoms with Gasteiger partial charge in [0.05, 0.1) is 0 Å². The number of nitrogens with two attached hydrogens (primary N) is 1. The standard InChI is InChI=1S/C11H19N5/c1-15-4-6-16(7-5-15)11-13-8-10(2-3-12)9-14-11/h8-9H,2-7,12H2,1H3. The minimum Gasteiger partial charge on any atom is -0.338 e. The summed E-state index contributed by atoms with van der Waals surface area (Å²) in [6.45, 7) is 4.82. The second kappa shape index (κ2) is 5.23. The molecular weight excluding hydrogens is 202 g/mol. The minimum atomic E-state index is 0.650. The van der Waals surface area contributed by atoms with Gasteiger partial charge in [-0.3, -0.25) is 0 Å². The Balaban J connectivity index is 1.98. The largest absolute Gasteiger partial charge is 0.338 e. The Kier molecular flexibility index (Phi) is 3.69. The first-order valence-electron chi connectivity index (χ1n) is 5.74. The molecule has 1 saturated heterocycles. The molecule has 5 nitrogen and oxygen atoms in total. The van der Waals surface area contributed by atoms with Crippen LogP contribution in [0.1, 0.15) is 5.56 Å². The van der Waals surface area contributed by atoms with Crippen LogP contribution in [-0.4, -0.2) is 54.6 Å². The molecule has 2 N–H and O–H groups in total. The van der Waals surface area contributed by atoms with Gasteiger partial charge in [0, 0.05) is 38.6 Å². The van der Waals surface area contributed by atoms with Crippen molar-refractivity contribution in [2.45, 2.75) is 6.42 Å². The van der Waals surface area contributed by atoms with E-state index in [1.165, 1.54) is 0 Å². The Hall–Kier alpha value is -1.20. The first kappa shape index (κ1) is 11.3. The predicted molar refractivity (Wildman–Crippen MR) is 64.5 cm³/mol. The van der Waals surface area contributed by atoms with E-state index in [0.29, 0.717) is 6.54 Å². The Bertz CT molecular complexity index is 316. The average Bonchev–Trinajstić information content (AvgIpc) is 2.32. The lowest BCUT2D eigenvalue weighted by atomic mass is 10.2. The predicted octanol–water partition coefficient (Wildman–Crippen LogP) is -0.270. The summed E-state index contributed by atoms with van der Waals surface area (Å²) in [5.41, 5.74) is 6.60. The van der Waals surface area contributed by atoms with Gasteiger partial charge >= 0.3 is 0 Å². The zero-order valence-electron chi connectivity index (χ0n) is 9.76. The van der Waals surface area contributed by atoms with Gasteiger partial charge in [-0.1, -0.05) is 0 Å². The maximum Gasteiger partial charge on any atom is 0.225 e. The van der Waals surface area contributed by atoms with E-state index in [2.05, 4.69) is 26.8 Å². The van der Waals surface area contributed by atoms with Crippen LogP contribution in [0.4, 0.5) is 5.95 Å². The Morgan fingerprint density at radius 3 is 2.38 bits per heavy atom. The van der Waals surface area contributed by atoms with Gasteiger partial charge in [-0.05, 0) is 25.6 Å². The maximum atomic E-state index is 5.49. The number of hydrogen-bond acceptors (Lipinski definition) is 5. The Morgan fingerprint density at radius 2 is 1.81 bits per heavy atom. The molecule has 0 atom stereocenters. The van der Waals surface area contributed by atoms with Gasteiger partial charge in [0.25, 0.3) is 0 Å². The summed E-state index contributed by atoms with van der Waals surface area (Å²) in [6, 6.07) is 0. The number of piperazine rings is 1. The normalized spacial score (nSPS) is 17.8. The third kappa shape index (κ3) is 2.68. The molecule has 0 unspecified atom stereocenters. The van der Waals surface area contributed by atoms with Crippen LogP contribution >= 0.6 is 0 Å². The molecule has 88 valence electrons. The molecular formula is C11H19N5. The first-order valence-corrected chi connectivity index (χ1v) is 5.74. The highest BCUT2D eigenvalue weighted by atomic mass is 15.3. The Morgan fingerprint density at radius 1 is 1.19 bits per heavy atom. The maximum absolute atomic E-state index is 5.49. The molecule has 0 bridgehead atoms. The van der Waals surface area contributed by atoms with Crippen molar-refractivity contribution in [2.75, 3.05) is 44.7 Å². The molecule has 2 rings (SSSR count). The second-order valence-corrected chi connectivity index (χ2v) is 4.22. The van der Waals surface area contributed by atoms with Crippen LogP contribution in [0.2, 0.25) is 0 Å². The molecule has 0 radical (unpaired) electrons. The van der Waals surface area contributed by atoms with E-state index in [1.54, 1.807) is 0 Å². The zero-order chi connectivity index (χ0) is 11.4. The topological polar surface area (TPSA) is 58.3 Å². The lowest BCUT2D eigenvalue weighted by Gasteiger charge is -2.32. The van der Waals surface area contributed by atoms with Gasteiger partial charge in [-0.25, -0.2) is 9.97 Å². The van der Waals surface area contributed by atoms with Gasteiger partial charge in [0.15, 0.2) is 0 Å². The van der Waals surface area contributed by atoms with Crippen LogP contribution in [0, 0.1) is 0 Å². The Labute approximate surface area is 96.3 Å². The minimum absolute atomic E-state index is 0.650. The van der Waals surface area contributed by atoms with E-state index in [-0.39, 0.29) is 0 Å². The van der Waals surface area contributed by atoms with Crippen molar-refractivity contribution >= 4 is 5.95 Å². The molecule has 0 aromatic carbocycles. The van der Waals surface area contributed by atoms with Gasteiger partial charge < -0.3 is 15.5 Å². The average molecular weight is 221 g/mol. The molecule has 0 aliphatic carbocycles. The van der Waals surface area contributed by atoms with Crippen LogP contribution in [0.5, 0.6) is 0 Å². The molecule has 1 aliphatic rings. The molecule has 0 spiro atoms. The summed E-state index contributed by atoms with van der Waals surface area (Å²) in [4.78, 5) is 13.3.